The van der Waals surface area contributed by atoms with Crippen LogP contribution in [0.1, 0.15) is 47.1 Å². The Morgan fingerprint density at radius 1 is 1.15 bits per heavy atom. The number of alkyl halides is 2. The molecule has 0 radical (unpaired) electrons. The van der Waals surface area contributed by atoms with Crippen LogP contribution in [0.15, 0.2) is 42.7 Å². The molecular formula is C23H20F2N6O3. The summed E-state index contributed by atoms with van der Waals surface area (Å²) >= 11 is 0. The summed E-state index contributed by atoms with van der Waals surface area (Å²) in [5, 5.41) is 4.29. The first-order valence-electron chi connectivity index (χ1n) is 10.4. The molecular weight excluding hydrogens is 446 g/mol. The molecule has 4 aromatic rings. The van der Waals surface area contributed by atoms with Gasteiger partial charge in [-0.15, -0.1) is 8.78 Å². The Bertz CT molecular complexity index is 1430. The van der Waals surface area contributed by atoms with Gasteiger partial charge in [-0.2, -0.15) is 5.10 Å². The van der Waals surface area contributed by atoms with Crippen LogP contribution in [0, 0.1) is 0 Å². The highest BCUT2D eigenvalue weighted by Crippen LogP contribution is 2.44. The molecule has 4 N–H and O–H groups in total. The molecule has 0 fully saturated rings. The number of primary amides is 1. The number of amides is 1. The van der Waals surface area contributed by atoms with E-state index in [0.717, 1.165) is 17.0 Å². The molecule has 174 valence electrons. The van der Waals surface area contributed by atoms with E-state index in [-0.39, 0.29) is 29.4 Å². The number of ether oxygens (including phenoxy) is 2. The van der Waals surface area contributed by atoms with Crippen LogP contribution in [0.4, 0.5) is 14.6 Å². The first-order chi connectivity index (χ1) is 16.1. The van der Waals surface area contributed by atoms with Crippen LogP contribution in [0.2, 0.25) is 0 Å². The summed E-state index contributed by atoms with van der Waals surface area (Å²) in [4.78, 5) is 20.9. The maximum Gasteiger partial charge on any atom is 0.586 e. The fourth-order valence-corrected chi connectivity index (χ4v) is 4.02. The van der Waals surface area contributed by atoms with Gasteiger partial charge in [0, 0.05) is 11.5 Å². The lowest BCUT2D eigenvalue weighted by molar-refractivity contribution is -0.286. The van der Waals surface area contributed by atoms with Crippen molar-refractivity contribution in [2.75, 3.05) is 5.73 Å². The van der Waals surface area contributed by atoms with Crippen molar-refractivity contribution in [3.05, 3.63) is 65.2 Å². The molecule has 9 nitrogen and oxygen atoms in total. The zero-order valence-electron chi connectivity index (χ0n) is 18.3. The van der Waals surface area contributed by atoms with Crippen molar-refractivity contribution in [3.63, 3.8) is 0 Å². The second-order valence-corrected chi connectivity index (χ2v) is 8.21. The molecule has 0 unspecified atom stereocenters. The zero-order chi connectivity index (χ0) is 24.2. The summed E-state index contributed by atoms with van der Waals surface area (Å²) in [6.07, 6.45) is -2.20. The third kappa shape index (κ3) is 3.54. The summed E-state index contributed by atoms with van der Waals surface area (Å²) < 4.78 is 37.7. The Balaban J connectivity index is 1.50. The number of fused-ring (bicyclic) bond motifs is 2. The first kappa shape index (κ1) is 21.6. The number of hydrogen-bond acceptors (Lipinski definition) is 7. The molecule has 1 aliphatic rings. The highest BCUT2D eigenvalue weighted by atomic mass is 19.3. The average molecular weight is 466 g/mol. The molecule has 0 saturated heterocycles. The predicted molar refractivity (Wildman–Crippen MR) is 119 cm³/mol. The van der Waals surface area contributed by atoms with Gasteiger partial charge in [-0.25, -0.2) is 14.5 Å². The van der Waals surface area contributed by atoms with Crippen molar-refractivity contribution in [2.45, 2.75) is 32.5 Å². The van der Waals surface area contributed by atoms with Gasteiger partial charge in [0.2, 0.25) is 0 Å². The maximum atomic E-state index is 13.5. The van der Waals surface area contributed by atoms with Gasteiger partial charge in [0.1, 0.15) is 23.4 Å². The molecule has 3 heterocycles. The van der Waals surface area contributed by atoms with Gasteiger partial charge in [0.05, 0.1) is 5.56 Å². The Morgan fingerprint density at radius 3 is 2.56 bits per heavy atom. The standard InChI is InChI=1S/C23H20F2N6O3/c1-11(2)22-30-17(18-20(26)28-10-29-31(18)22)13-5-3-12(4-6-13)9-14-7-8-15-19(16(14)21(27)32)34-23(24,25)33-15/h3-8,10-11H,9H2,1-2H3,(H2,27,32)(H2,26,28,29). The number of carbonyl (C=O) groups excluding carboxylic acids is 1. The molecule has 0 atom stereocenters. The highest BCUT2D eigenvalue weighted by Gasteiger charge is 2.45. The van der Waals surface area contributed by atoms with E-state index >= 15 is 0 Å². The number of anilines is 1. The van der Waals surface area contributed by atoms with Gasteiger partial charge < -0.3 is 20.9 Å². The lowest BCUT2D eigenvalue weighted by Gasteiger charge is -2.10. The smallest absolute Gasteiger partial charge is 0.395 e. The molecule has 1 amide bonds. The minimum Gasteiger partial charge on any atom is -0.395 e. The SMILES string of the molecule is CC(C)c1nc(-c2ccc(Cc3ccc4c(c3C(N)=O)OC(F)(F)O4)cc2)c2c(N)ncnn12. The van der Waals surface area contributed by atoms with Crippen molar-refractivity contribution >= 4 is 17.2 Å². The van der Waals surface area contributed by atoms with E-state index in [4.69, 9.17) is 16.5 Å². The van der Waals surface area contributed by atoms with Gasteiger partial charge in [-0.05, 0) is 23.6 Å². The van der Waals surface area contributed by atoms with Crippen molar-refractivity contribution in [2.24, 2.45) is 5.73 Å². The van der Waals surface area contributed by atoms with E-state index in [1.165, 1.54) is 18.5 Å². The number of nitrogen functional groups attached to an aromatic ring is 1. The van der Waals surface area contributed by atoms with Gasteiger partial charge in [-0.3, -0.25) is 4.79 Å². The van der Waals surface area contributed by atoms with E-state index in [2.05, 4.69) is 19.6 Å². The van der Waals surface area contributed by atoms with Crippen molar-refractivity contribution in [1.29, 1.82) is 0 Å². The topological polar surface area (TPSA) is 131 Å². The molecule has 1 aliphatic heterocycles. The second-order valence-electron chi connectivity index (χ2n) is 8.21. The number of hydrogen-bond donors (Lipinski definition) is 2. The second kappa shape index (κ2) is 7.65. The number of halogens is 2. The monoisotopic (exact) mass is 466 g/mol. The molecule has 0 bridgehead atoms. The number of imidazole rings is 1. The van der Waals surface area contributed by atoms with Crippen molar-refractivity contribution in [1.82, 2.24) is 19.6 Å². The van der Waals surface area contributed by atoms with Gasteiger partial charge in [-0.1, -0.05) is 44.2 Å². The Morgan fingerprint density at radius 2 is 1.88 bits per heavy atom. The molecule has 0 spiro atoms. The average Bonchev–Trinajstić information content (AvgIpc) is 3.31. The third-order valence-electron chi connectivity index (χ3n) is 5.53. The van der Waals surface area contributed by atoms with Gasteiger partial charge in [0.25, 0.3) is 5.91 Å². The van der Waals surface area contributed by atoms with Crippen LogP contribution < -0.4 is 20.9 Å². The number of nitrogens with two attached hydrogens (primary N) is 2. The molecule has 11 heteroatoms. The number of nitrogens with zero attached hydrogens (tertiary/aromatic N) is 4. The zero-order valence-corrected chi connectivity index (χ0v) is 18.3. The van der Waals surface area contributed by atoms with E-state index in [0.29, 0.717) is 22.6 Å². The number of aromatic nitrogens is 4. The molecule has 2 aromatic heterocycles. The molecule has 5 rings (SSSR count). The van der Waals surface area contributed by atoms with E-state index in [1.807, 2.05) is 38.1 Å². The van der Waals surface area contributed by atoms with Gasteiger partial charge in [0.15, 0.2) is 17.3 Å². The maximum absolute atomic E-state index is 13.5. The Hall–Kier alpha value is -4.28. The molecule has 0 aliphatic carbocycles. The quantitative estimate of drug-likeness (QED) is 0.460. The third-order valence-corrected chi connectivity index (χ3v) is 5.53. The summed E-state index contributed by atoms with van der Waals surface area (Å²) in [6, 6.07) is 10.3. The predicted octanol–water partition coefficient (Wildman–Crippen LogP) is 3.51. The fraction of sp³-hybridized carbons (Fsp3) is 0.217. The summed E-state index contributed by atoms with van der Waals surface area (Å²) in [5.74, 6) is -0.285. The normalized spacial score (nSPS) is 14.1. The van der Waals surface area contributed by atoms with Crippen molar-refractivity contribution in [3.8, 4) is 22.8 Å². The Kier molecular flexibility index (Phi) is 4.85. The lowest BCUT2D eigenvalue weighted by Crippen LogP contribution is -2.26. The molecule has 34 heavy (non-hydrogen) atoms. The minimum atomic E-state index is -3.85. The van der Waals surface area contributed by atoms with Crippen LogP contribution in [0.5, 0.6) is 11.5 Å². The largest absolute Gasteiger partial charge is 0.586 e. The first-order valence-corrected chi connectivity index (χ1v) is 10.4. The fourth-order valence-electron chi connectivity index (χ4n) is 4.02. The van der Waals surface area contributed by atoms with E-state index in [1.54, 1.807) is 4.52 Å². The van der Waals surface area contributed by atoms with Crippen LogP contribution in [-0.2, 0) is 6.42 Å². The number of carbonyl (C=O) groups is 1. The minimum absolute atomic E-state index is 0.112. The van der Waals surface area contributed by atoms with Crippen molar-refractivity contribution < 1.29 is 23.0 Å². The summed E-state index contributed by atoms with van der Waals surface area (Å²) in [6.45, 7) is 4.02. The molecule has 2 aromatic carbocycles. The van der Waals surface area contributed by atoms with Crippen LogP contribution in [-0.4, -0.2) is 31.8 Å². The number of benzene rings is 2. The summed E-state index contributed by atoms with van der Waals surface area (Å²) in [5.41, 5.74) is 14.8. The number of rotatable bonds is 5. The van der Waals surface area contributed by atoms with Gasteiger partial charge >= 0.3 is 6.29 Å². The van der Waals surface area contributed by atoms with E-state index in [9.17, 15) is 13.6 Å². The van der Waals surface area contributed by atoms with Crippen LogP contribution >= 0.6 is 0 Å². The molecule has 0 saturated carbocycles. The van der Waals surface area contributed by atoms with E-state index < -0.39 is 12.2 Å². The lowest BCUT2D eigenvalue weighted by atomic mass is 9.97. The highest BCUT2D eigenvalue weighted by molar-refractivity contribution is 5.98. The summed E-state index contributed by atoms with van der Waals surface area (Å²) in [7, 11) is 0. The van der Waals surface area contributed by atoms with Crippen LogP contribution in [0.25, 0.3) is 16.8 Å². The van der Waals surface area contributed by atoms with Crippen LogP contribution in [0.3, 0.4) is 0 Å². The Labute approximate surface area is 192 Å².